The zero-order chi connectivity index (χ0) is 14.0. The molecule has 0 aromatic heterocycles. The molecule has 0 aliphatic heterocycles. The molecule has 1 atom stereocenters. The van der Waals surface area contributed by atoms with E-state index in [0.29, 0.717) is 5.02 Å². The van der Waals surface area contributed by atoms with E-state index in [4.69, 9.17) is 23.2 Å². The van der Waals surface area contributed by atoms with Crippen LogP contribution in [0, 0.1) is 5.82 Å². The van der Waals surface area contributed by atoms with Gasteiger partial charge in [-0.2, -0.15) is 0 Å². The maximum absolute atomic E-state index is 13.1. The highest BCUT2D eigenvalue weighted by molar-refractivity contribution is 9.10. The number of halogens is 4. The second kappa shape index (κ2) is 6.12. The summed E-state index contributed by atoms with van der Waals surface area (Å²) in [6.45, 7) is 1.96. The molecule has 0 heterocycles. The summed E-state index contributed by atoms with van der Waals surface area (Å²) in [4.78, 5) is 0. The van der Waals surface area contributed by atoms with Crippen LogP contribution in [0.2, 0.25) is 10.0 Å². The third kappa shape index (κ3) is 3.62. The molecular formula is C14H11BrCl2FN. The quantitative estimate of drug-likeness (QED) is 0.698. The molecule has 0 saturated heterocycles. The van der Waals surface area contributed by atoms with Gasteiger partial charge in [0.2, 0.25) is 0 Å². The molecular weight excluding hydrogens is 352 g/mol. The molecule has 0 saturated carbocycles. The van der Waals surface area contributed by atoms with Gasteiger partial charge in [0.1, 0.15) is 5.82 Å². The van der Waals surface area contributed by atoms with Crippen molar-refractivity contribution in [3.8, 4) is 0 Å². The lowest BCUT2D eigenvalue weighted by molar-refractivity contribution is 0.627. The molecule has 1 N–H and O–H groups in total. The van der Waals surface area contributed by atoms with E-state index in [1.54, 1.807) is 12.1 Å². The molecule has 0 radical (unpaired) electrons. The Hall–Kier alpha value is -0.770. The Labute approximate surface area is 129 Å². The molecule has 0 aliphatic rings. The van der Waals surface area contributed by atoms with Crippen molar-refractivity contribution in [2.75, 3.05) is 5.32 Å². The standard InChI is InChI=1S/C14H11BrCl2FN/c1-8(9-2-4-13(18)11(16)6-9)19-14-5-3-10(15)7-12(14)17/h2-8,19H,1H3. The van der Waals surface area contributed by atoms with Crippen molar-refractivity contribution in [2.24, 2.45) is 0 Å². The van der Waals surface area contributed by atoms with Gasteiger partial charge >= 0.3 is 0 Å². The molecule has 1 nitrogen and oxygen atoms in total. The second-order valence-electron chi connectivity index (χ2n) is 4.16. The lowest BCUT2D eigenvalue weighted by Gasteiger charge is -2.17. The van der Waals surface area contributed by atoms with Crippen LogP contribution in [0.1, 0.15) is 18.5 Å². The van der Waals surface area contributed by atoms with E-state index in [9.17, 15) is 4.39 Å². The fraction of sp³-hybridized carbons (Fsp3) is 0.143. The van der Waals surface area contributed by atoms with Crippen LogP contribution in [0.25, 0.3) is 0 Å². The highest BCUT2D eigenvalue weighted by atomic mass is 79.9. The zero-order valence-corrected chi connectivity index (χ0v) is 13.2. The van der Waals surface area contributed by atoms with Crippen LogP contribution in [0.5, 0.6) is 0 Å². The monoisotopic (exact) mass is 361 g/mol. The summed E-state index contributed by atoms with van der Waals surface area (Å²) in [6.07, 6.45) is 0. The summed E-state index contributed by atoms with van der Waals surface area (Å²) in [5, 5.41) is 4.00. The lowest BCUT2D eigenvalue weighted by atomic mass is 10.1. The predicted molar refractivity (Wildman–Crippen MR) is 82.6 cm³/mol. The zero-order valence-electron chi connectivity index (χ0n) is 10.1. The van der Waals surface area contributed by atoms with Gasteiger partial charge in [0.25, 0.3) is 0 Å². The predicted octanol–water partition coefficient (Wildman–Crippen LogP) is 6.07. The highest BCUT2D eigenvalue weighted by Gasteiger charge is 2.10. The van der Waals surface area contributed by atoms with Crippen LogP contribution in [-0.4, -0.2) is 0 Å². The Morgan fingerprint density at radius 1 is 1.11 bits per heavy atom. The first kappa shape index (κ1) is 14.6. The van der Waals surface area contributed by atoms with Crippen molar-refractivity contribution >= 4 is 44.8 Å². The third-order valence-electron chi connectivity index (χ3n) is 2.75. The van der Waals surface area contributed by atoms with Crippen molar-refractivity contribution in [3.05, 3.63) is 62.3 Å². The molecule has 2 rings (SSSR count). The molecule has 0 aliphatic carbocycles. The number of rotatable bonds is 3. The van der Waals surface area contributed by atoms with Gasteiger partial charge in [-0.25, -0.2) is 4.39 Å². The Morgan fingerprint density at radius 3 is 2.47 bits per heavy atom. The van der Waals surface area contributed by atoms with Gasteiger partial charge in [-0.15, -0.1) is 0 Å². The third-order valence-corrected chi connectivity index (χ3v) is 3.84. The lowest BCUT2D eigenvalue weighted by Crippen LogP contribution is -2.07. The SMILES string of the molecule is CC(Nc1ccc(Br)cc1Cl)c1ccc(F)c(Cl)c1. The molecule has 0 bridgehead atoms. The van der Waals surface area contributed by atoms with E-state index in [1.807, 2.05) is 25.1 Å². The number of benzene rings is 2. The Kier molecular flexibility index (Phi) is 4.71. The maximum Gasteiger partial charge on any atom is 0.141 e. The van der Waals surface area contributed by atoms with Crippen LogP contribution >= 0.6 is 39.1 Å². The van der Waals surface area contributed by atoms with Crippen molar-refractivity contribution in [3.63, 3.8) is 0 Å². The van der Waals surface area contributed by atoms with Crippen molar-refractivity contribution in [1.29, 1.82) is 0 Å². The van der Waals surface area contributed by atoms with E-state index in [-0.39, 0.29) is 11.1 Å². The summed E-state index contributed by atoms with van der Waals surface area (Å²) in [5.41, 5.74) is 1.71. The average Bonchev–Trinajstić information content (AvgIpc) is 2.36. The number of nitrogens with one attached hydrogen (secondary N) is 1. The smallest absolute Gasteiger partial charge is 0.141 e. The topological polar surface area (TPSA) is 12.0 Å². The fourth-order valence-electron chi connectivity index (χ4n) is 1.70. The summed E-state index contributed by atoms with van der Waals surface area (Å²) >= 11 is 15.3. The summed E-state index contributed by atoms with van der Waals surface area (Å²) in [7, 11) is 0. The largest absolute Gasteiger partial charge is 0.377 e. The van der Waals surface area contributed by atoms with E-state index in [1.165, 1.54) is 6.07 Å². The Bertz CT molecular complexity index is 604. The van der Waals surface area contributed by atoms with E-state index < -0.39 is 5.82 Å². The average molecular weight is 363 g/mol. The van der Waals surface area contributed by atoms with Gasteiger partial charge in [-0.05, 0) is 42.8 Å². The molecule has 2 aromatic carbocycles. The van der Waals surface area contributed by atoms with Gasteiger partial charge in [0, 0.05) is 10.5 Å². The minimum Gasteiger partial charge on any atom is -0.377 e. The number of hydrogen-bond acceptors (Lipinski definition) is 1. The van der Waals surface area contributed by atoms with E-state index in [0.717, 1.165) is 15.7 Å². The summed E-state index contributed by atoms with van der Waals surface area (Å²) in [6, 6.07) is 10.2. The molecule has 2 aromatic rings. The molecule has 0 spiro atoms. The van der Waals surface area contributed by atoms with Gasteiger partial charge in [-0.3, -0.25) is 0 Å². The van der Waals surface area contributed by atoms with Gasteiger partial charge < -0.3 is 5.32 Å². The molecule has 0 amide bonds. The van der Waals surface area contributed by atoms with E-state index in [2.05, 4.69) is 21.2 Å². The Balaban J connectivity index is 2.20. The van der Waals surface area contributed by atoms with Gasteiger partial charge in [0.05, 0.1) is 15.7 Å². The maximum atomic E-state index is 13.1. The van der Waals surface area contributed by atoms with Gasteiger partial charge in [0.15, 0.2) is 0 Å². The minimum absolute atomic E-state index is 0.0308. The normalized spacial score (nSPS) is 12.3. The Morgan fingerprint density at radius 2 is 1.84 bits per heavy atom. The van der Waals surface area contributed by atoms with Gasteiger partial charge in [-0.1, -0.05) is 45.2 Å². The molecule has 19 heavy (non-hydrogen) atoms. The first-order valence-corrected chi connectivity index (χ1v) is 7.19. The molecule has 100 valence electrons. The first-order chi connectivity index (χ1) is 8.97. The van der Waals surface area contributed by atoms with E-state index >= 15 is 0 Å². The van der Waals surface area contributed by atoms with Crippen molar-refractivity contribution in [1.82, 2.24) is 0 Å². The number of anilines is 1. The van der Waals surface area contributed by atoms with Crippen molar-refractivity contribution in [2.45, 2.75) is 13.0 Å². The van der Waals surface area contributed by atoms with Crippen LogP contribution in [0.3, 0.4) is 0 Å². The van der Waals surface area contributed by atoms with Crippen LogP contribution in [-0.2, 0) is 0 Å². The van der Waals surface area contributed by atoms with Crippen LogP contribution < -0.4 is 5.32 Å². The molecule has 1 unspecified atom stereocenters. The summed E-state index contributed by atoms with van der Waals surface area (Å²) in [5.74, 6) is -0.417. The van der Waals surface area contributed by atoms with Crippen LogP contribution in [0.15, 0.2) is 40.9 Å². The van der Waals surface area contributed by atoms with Crippen molar-refractivity contribution < 1.29 is 4.39 Å². The second-order valence-corrected chi connectivity index (χ2v) is 5.89. The highest BCUT2D eigenvalue weighted by Crippen LogP contribution is 2.29. The molecule has 5 heteroatoms. The minimum atomic E-state index is -0.417. The fourth-order valence-corrected chi connectivity index (χ4v) is 2.62. The first-order valence-electron chi connectivity index (χ1n) is 5.64. The van der Waals surface area contributed by atoms with Crippen LogP contribution in [0.4, 0.5) is 10.1 Å². The summed E-state index contributed by atoms with van der Waals surface area (Å²) < 4.78 is 14.0. The molecule has 0 fully saturated rings. The number of hydrogen-bond donors (Lipinski definition) is 1.